The van der Waals surface area contributed by atoms with Gasteiger partial charge in [-0.15, -0.1) is 0 Å². The van der Waals surface area contributed by atoms with Crippen molar-refractivity contribution in [3.05, 3.63) is 12.2 Å². The van der Waals surface area contributed by atoms with Crippen molar-refractivity contribution < 1.29 is 9.53 Å². The smallest absolute Gasteiger partial charge is 0.333 e. The summed E-state index contributed by atoms with van der Waals surface area (Å²) in [6.07, 6.45) is 5.37. The summed E-state index contributed by atoms with van der Waals surface area (Å²) in [5.41, 5.74) is 0.968. The molecular weight excluding hydrogens is 212 g/mol. The molecule has 6 fully saturated rings. The van der Waals surface area contributed by atoms with Crippen molar-refractivity contribution in [3.8, 4) is 0 Å². The van der Waals surface area contributed by atoms with Crippen LogP contribution in [0.5, 0.6) is 0 Å². The highest BCUT2D eigenvalue weighted by Crippen LogP contribution is 2.85. The topological polar surface area (TPSA) is 26.3 Å². The van der Waals surface area contributed by atoms with E-state index in [4.69, 9.17) is 4.74 Å². The number of carbonyl (C=O) groups excluding carboxylic acids is 1. The second-order valence-electron chi connectivity index (χ2n) is 7.02. The van der Waals surface area contributed by atoms with E-state index in [0.29, 0.717) is 22.8 Å². The first-order valence-corrected chi connectivity index (χ1v) is 6.87. The minimum Gasteiger partial charge on any atom is -0.455 e. The van der Waals surface area contributed by atoms with Crippen LogP contribution in [-0.4, -0.2) is 11.6 Å². The quantitative estimate of drug-likeness (QED) is 0.540. The molecule has 0 N–H and O–H groups in total. The predicted octanol–water partition coefficient (Wildman–Crippen LogP) is 2.93. The average molecular weight is 232 g/mol. The molecule has 0 aromatic carbocycles. The summed E-state index contributed by atoms with van der Waals surface area (Å²) in [5.74, 6) is 3.02. The molecule has 0 aromatic heterocycles. The SMILES string of the molecule is C=C(C)C(=O)OC1(C)C2CC3CC(C2)C32CC12. The highest BCUT2D eigenvalue weighted by atomic mass is 16.6. The van der Waals surface area contributed by atoms with Crippen molar-refractivity contribution in [1.29, 1.82) is 0 Å². The summed E-state index contributed by atoms with van der Waals surface area (Å²) in [6, 6.07) is 0. The predicted molar refractivity (Wildman–Crippen MR) is 64.2 cm³/mol. The van der Waals surface area contributed by atoms with Crippen LogP contribution >= 0.6 is 0 Å². The van der Waals surface area contributed by atoms with Gasteiger partial charge in [0.1, 0.15) is 5.60 Å². The van der Waals surface area contributed by atoms with E-state index < -0.39 is 0 Å². The maximum atomic E-state index is 11.8. The highest BCUT2D eigenvalue weighted by molar-refractivity contribution is 5.87. The minimum absolute atomic E-state index is 0.177. The Morgan fingerprint density at radius 1 is 1.24 bits per heavy atom. The van der Waals surface area contributed by atoms with Crippen LogP contribution in [0.3, 0.4) is 0 Å². The van der Waals surface area contributed by atoms with E-state index in [1.54, 1.807) is 6.92 Å². The van der Waals surface area contributed by atoms with E-state index in [1.807, 2.05) is 0 Å². The summed E-state index contributed by atoms with van der Waals surface area (Å²) >= 11 is 0. The fraction of sp³-hybridized carbons (Fsp3) is 0.800. The Balaban J connectivity index is 1.64. The highest BCUT2D eigenvalue weighted by Gasteiger charge is 2.82. The zero-order valence-corrected chi connectivity index (χ0v) is 10.7. The van der Waals surface area contributed by atoms with Crippen molar-refractivity contribution in [2.75, 3.05) is 0 Å². The molecule has 4 atom stereocenters. The Bertz CT molecular complexity index is 422. The van der Waals surface area contributed by atoms with Crippen molar-refractivity contribution in [2.45, 2.75) is 45.1 Å². The summed E-state index contributed by atoms with van der Waals surface area (Å²) in [6.45, 7) is 7.63. The van der Waals surface area contributed by atoms with E-state index >= 15 is 0 Å². The van der Waals surface area contributed by atoms with Gasteiger partial charge in [0.05, 0.1) is 0 Å². The number of hydrogen-bond donors (Lipinski definition) is 0. The maximum Gasteiger partial charge on any atom is 0.333 e. The number of ether oxygens (including phenoxy) is 1. The molecule has 0 aliphatic heterocycles. The average Bonchev–Trinajstić information content (AvgIpc) is 3.06. The Morgan fingerprint density at radius 2 is 1.82 bits per heavy atom. The van der Waals surface area contributed by atoms with Gasteiger partial charge in [0.2, 0.25) is 0 Å². The minimum atomic E-state index is -0.184. The normalized spacial score (nSPS) is 56.8. The zero-order chi connectivity index (χ0) is 12.0. The molecule has 0 radical (unpaired) electrons. The van der Waals surface area contributed by atoms with Gasteiger partial charge >= 0.3 is 5.97 Å². The lowest BCUT2D eigenvalue weighted by atomic mass is 9.43. The molecule has 6 rings (SSSR count). The van der Waals surface area contributed by atoms with Crippen LogP contribution in [0.1, 0.15) is 39.5 Å². The van der Waals surface area contributed by atoms with Gasteiger partial charge < -0.3 is 4.74 Å². The van der Waals surface area contributed by atoms with Crippen LogP contribution in [0.4, 0.5) is 0 Å². The third-order valence-electron chi connectivity index (χ3n) is 6.44. The fourth-order valence-corrected chi connectivity index (χ4v) is 5.50. The third kappa shape index (κ3) is 0.937. The second kappa shape index (κ2) is 2.62. The van der Waals surface area contributed by atoms with Gasteiger partial charge in [-0.2, -0.15) is 0 Å². The molecule has 6 aliphatic carbocycles. The number of rotatable bonds is 2. The second-order valence-corrected chi connectivity index (χ2v) is 7.02. The van der Waals surface area contributed by atoms with Crippen LogP contribution < -0.4 is 0 Å². The van der Waals surface area contributed by atoms with Crippen LogP contribution in [-0.2, 0) is 9.53 Å². The van der Waals surface area contributed by atoms with E-state index in [1.165, 1.54) is 25.7 Å². The van der Waals surface area contributed by atoms with E-state index in [-0.39, 0.29) is 11.6 Å². The molecule has 1 spiro atoms. The molecule has 0 saturated heterocycles. The fourth-order valence-electron chi connectivity index (χ4n) is 5.50. The molecule has 2 nitrogen and oxygen atoms in total. The first-order chi connectivity index (χ1) is 7.98. The standard InChI is InChI=1S/C15H20O2/c1-8(2)13(16)17-14(3)9-4-10-6-11(5-9)15(10)7-12(14)15/h9-12H,1,4-7H2,2-3H3. The van der Waals surface area contributed by atoms with E-state index in [9.17, 15) is 4.79 Å². The number of carbonyl (C=O) groups is 1. The molecule has 4 bridgehead atoms. The summed E-state index contributed by atoms with van der Waals surface area (Å²) in [7, 11) is 0. The van der Waals surface area contributed by atoms with Gasteiger partial charge in [-0.1, -0.05) is 6.58 Å². The molecule has 6 saturated carbocycles. The first kappa shape index (κ1) is 10.2. The summed E-state index contributed by atoms with van der Waals surface area (Å²) in [5, 5.41) is 0. The largest absolute Gasteiger partial charge is 0.455 e. The zero-order valence-electron chi connectivity index (χ0n) is 10.7. The molecule has 17 heavy (non-hydrogen) atoms. The van der Waals surface area contributed by atoms with Gasteiger partial charge in [-0.25, -0.2) is 4.79 Å². The lowest BCUT2D eigenvalue weighted by molar-refractivity contribution is -0.211. The Hall–Kier alpha value is -0.790. The Labute approximate surface area is 102 Å². The molecule has 0 aromatic rings. The van der Waals surface area contributed by atoms with Crippen LogP contribution in [0.15, 0.2) is 12.2 Å². The van der Waals surface area contributed by atoms with Gasteiger partial charge in [-0.05, 0) is 62.7 Å². The molecular formula is C15H20O2. The Kier molecular flexibility index (Phi) is 1.57. The Morgan fingerprint density at radius 3 is 2.41 bits per heavy atom. The number of esters is 1. The van der Waals surface area contributed by atoms with Crippen molar-refractivity contribution >= 4 is 5.97 Å². The molecule has 4 unspecified atom stereocenters. The van der Waals surface area contributed by atoms with Crippen molar-refractivity contribution in [2.24, 2.45) is 29.1 Å². The number of hydrogen-bond acceptors (Lipinski definition) is 2. The first-order valence-electron chi connectivity index (χ1n) is 6.87. The summed E-state index contributed by atoms with van der Waals surface area (Å²) in [4.78, 5) is 11.8. The van der Waals surface area contributed by atoms with Crippen molar-refractivity contribution in [3.63, 3.8) is 0 Å². The maximum absolute atomic E-state index is 11.8. The molecule has 0 heterocycles. The molecule has 0 amide bonds. The van der Waals surface area contributed by atoms with E-state index in [2.05, 4.69) is 13.5 Å². The lowest BCUT2D eigenvalue weighted by Gasteiger charge is -2.63. The van der Waals surface area contributed by atoms with Crippen LogP contribution in [0.25, 0.3) is 0 Å². The molecule has 92 valence electrons. The van der Waals surface area contributed by atoms with Crippen LogP contribution in [0, 0.1) is 29.1 Å². The van der Waals surface area contributed by atoms with Gasteiger partial charge in [0, 0.05) is 11.5 Å². The third-order valence-corrected chi connectivity index (χ3v) is 6.44. The van der Waals surface area contributed by atoms with Gasteiger partial charge in [0.15, 0.2) is 0 Å². The lowest BCUT2D eigenvalue weighted by Crippen LogP contribution is -2.61. The monoisotopic (exact) mass is 232 g/mol. The van der Waals surface area contributed by atoms with Gasteiger partial charge in [0.25, 0.3) is 0 Å². The molecule has 2 heteroatoms. The summed E-state index contributed by atoms with van der Waals surface area (Å²) < 4.78 is 5.85. The van der Waals surface area contributed by atoms with E-state index in [0.717, 1.165) is 11.8 Å². The van der Waals surface area contributed by atoms with Crippen LogP contribution in [0.2, 0.25) is 0 Å². The van der Waals surface area contributed by atoms with Gasteiger partial charge in [-0.3, -0.25) is 0 Å². The van der Waals surface area contributed by atoms with Crippen molar-refractivity contribution in [1.82, 2.24) is 0 Å². The molecule has 6 aliphatic rings.